The van der Waals surface area contributed by atoms with Gasteiger partial charge in [-0.25, -0.2) is 4.39 Å². The van der Waals surface area contributed by atoms with Crippen LogP contribution in [-0.4, -0.2) is 29.1 Å². The van der Waals surface area contributed by atoms with E-state index < -0.39 is 27.8 Å². The zero-order chi connectivity index (χ0) is 15.8. The number of aliphatic carboxylic acids is 1. The van der Waals surface area contributed by atoms with Gasteiger partial charge in [-0.3, -0.25) is 14.9 Å². The Morgan fingerprint density at radius 2 is 2.29 bits per heavy atom. The fraction of sp³-hybridized carbons (Fsp3) is 0.462. The molecule has 0 aliphatic carbocycles. The van der Waals surface area contributed by atoms with Gasteiger partial charge in [-0.2, -0.15) is 0 Å². The minimum Gasteiger partial charge on any atom is -0.481 e. The van der Waals surface area contributed by atoms with Crippen molar-refractivity contribution in [2.24, 2.45) is 5.41 Å². The predicted octanol–water partition coefficient (Wildman–Crippen LogP) is 3.08. The number of rotatable bonds is 4. The van der Waals surface area contributed by atoms with Crippen molar-refractivity contribution in [2.45, 2.75) is 19.8 Å². The summed E-state index contributed by atoms with van der Waals surface area (Å²) in [7, 11) is 0. The summed E-state index contributed by atoms with van der Waals surface area (Å²) in [6.45, 7) is 2.26. The second kappa shape index (κ2) is 5.48. The molecule has 1 aliphatic heterocycles. The minimum atomic E-state index is -0.936. The smallest absolute Gasteiger partial charge is 0.311 e. The lowest BCUT2D eigenvalue weighted by Crippen LogP contribution is -2.34. The Morgan fingerprint density at radius 3 is 2.76 bits per heavy atom. The monoisotopic (exact) mass is 316 g/mol. The third kappa shape index (κ3) is 2.65. The van der Waals surface area contributed by atoms with Gasteiger partial charge in [0.2, 0.25) is 0 Å². The van der Waals surface area contributed by atoms with Crippen molar-refractivity contribution in [3.8, 4) is 0 Å². The average molecular weight is 317 g/mol. The van der Waals surface area contributed by atoms with Crippen LogP contribution >= 0.6 is 11.6 Å². The van der Waals surface area contributed by atoms with E-state index in [1.54, 1.807) is 11.8 Å². The minimum absolute atomic E-state index is 0.141. The van der Waals surface area contributed by atoms with E-state index in [4.69, 9.17) is 11.6 Å². The lowest BCUT2D eigenvalue weighted by atomic mass is 9.84. The maximum atomic E-state index is 13.4. The van der Waals surface area contributed by atoms with Gasteiger partial charge in [-0.15, -0.1) is 0 Å². The molecule has 0 spiro atoms. The fourth-order valence-corrected chi connectivity index (χ4v) is 2.78. The van der Waals surface area contributed by atoms with Crippen molar-refractivity contribution >= 4 is 28.9 Å². The number of benzene rings is 1. The highest BCUT2D eigenvalue weighted by molar-refractivity contribution is 6.31. The molecule has 1 aromatic carbocycles. The van der Waals surface area contributed by atoms with Crippen LogP contribution in [0.4, 0.5) is 15.8 Å². The highest BCUT2D eigenvalue weighted by Gasteiger charge is 2.44. The van der Waals surface area contributed by atoms with E-state index in [0.29, 0.717) is 19.4 Å². The van der Waals surface area contributed by atoms with Gasteiger partial charge in [0.25, 0.3) is 5.69 Å². The van der Waals surface area contributed by atoms with E-state index in [0.717, 1.165) is 6.07 Å². The van der Waals surface area contributed by atoms with Gasteiger partial charge in [0.1, 0.15) is 11.5 Å². The molecular weight excluding hydrogens is 303 g/mol. The zero-order valence-corrected chi connectivity index (χ0v) is 12.1. The van der Waals surface area contributed by atoms with Crippen LogP contribution in [0.25, 0.3) is 0 Å². The molecule has 0 amide bonds. The van der Waals surface area contributed by atoms with E-state index >= 15 is 0 Å². The second-order valence-electron chi connectivity index (χ2n) is 5.12. The quantitative estimate of drug-likeness (QED) is 0.681. The molecule has 1 aromatic rings. The van der Waals surface area contributed by atoms with E-state index in [1.165, 1.54) is 6.07 Å². The van der Waals surface area contributed by atoms with E-state index in [1.807, 2.05) is 0 Å². The Balaban J connectivity index is 2.42. The molecule has 0 saturated carbocycles. The summed E-state index contributed by atoms with van der Waals surface area (Å²) < 4.78 is 13.4. The SMILES string of the molecule is CCC1(C(=O)O)CCN(c2cc(Cl)c(F)cc2[N+](=O)[O-])C1. The normalized spacial score (nSPS) is 21.6. The Labute approximate surface area is 125 Å². The highest BCUT2D eigenvalue weighted by atomic mass is 35.5. The Morgan fingerprint density at radius 1 is 1.62 bits per heavy atom. The largest absolute Gasteiger partial charge is 0.481 e. The average Bonchev–Trinajstić information content (AvgIpc) is 2.86. The van der Waals surface area contributed by atoms with Gasteiger partial charge in [0.15, 0.2) is 0 Å². The molecular formula is C13H14ClFN2O4. The zero-order valence-electron chi connectivity index (χ0n) is 11.3. The van der Waals surface area contributed by atoms with Crippen molar-refractivity contribution in [3.63, 3.8) is 0 Å². The summed E-state index contributed by atoms with van der Waals surface area (Å²) >= 11 is 5.70. The third-order valence-corrected chi connectivity index (χ3v) is 4.33. The predicted molar refractivity (Wildman–Crippen MR) is 75.3 cm³/mol. The van der Waals surface area contributed by atoms with Crippen LogP contribution < -0.4 is 4.90 Å². The number of nitro benzene ring substituents is 1. The van der Waals surface area contributed by atoms with E-state index in [2.05, 4.69) is 0 Å². The van der Waals surface area contributed by atoms with Crippen molar-refractivity contribution in [1.29, 1.82) is 0 Å². The molecule has 2 rings (SSSR count). The van der Waals surface area contributed by atoms with Gasteiger partial charge >= 0.3 is 5.97 Å². The van der Waals surface area contributed by atoms with Crippen LogP contribution in [0, 0.1) is 21.3 Å². The van der Waals surface area contributed by atoms with E-state index in [-0.39, 0.29) is 17.3 Å². The fourth-order valence-electron chi connectivity index (χ4n) is 2.62. The number of anilines is 1. The lowest BCUT2D eigenvalue weighted by molar-refractivity contribution is -0.384. The second-order valence-corrected chi connectivity index (χ2v) is 5.53. The van der Waals surface area contributed by atoms with Gasteiger partial charge in [0, 0.05) is 13.1 Å². The summed E-state index contributed by atoms with van der Waals surface area (Å²) in [5.74, 6) is -1.80. The summed E-state index contributed by atoms with van der Waals surface area (Å²) in [5.41, 5.74) is -1.19. The molecule has 1 saturated heterocycles. The molecule has 1 heterocycles. The number of halogens is 2. The van der Waals surface area contributed by atoms with E-state index in [9.17, 15) is 24.4 Å². The molecule has 1 atom stereocenters. The molecule has 1 aliphatic rings. The van der Waals surface area contributed by atoms with Crippen LogP contribution in [0.5, 0.6) is 0 Å². The van der Waals surface area contributed by atoms with Crippen LogP contribution in [-0.2, 0) is 4.79 Å². The summed E-state index contributed by atoms with van der Waals surface area (Å²) in [6.07, 6.45) is 0.798. The topological polar surface area (TPSA) is 83.7 Å². The Bertz CT molecular complexity index is 610. The first kappa shape index (κ1) is 15.5. The first-order valence-corrected chi connectivity index (χ1v) is 6.80. The van der Waals surface area contributed by atoms with Gasteiger partial charge < -0.3 is 10.0 Å². The summed E-state index contributed by atoms with van der Waals surface area (Å²) in [4.78, 5) is 23.4. The van der Waals surface area contributed by atoms with Gasteiger partial charge in [0.05, 0.1) is 21.4 Å². The molecule has 114 valence electrons. The first-order chi connectivity index (χ1) is 9.80. The summed E-state index contributed by atoms with van der Waals surface area (Å²) in [6, 6.07) is 1.95. The molecule has 1 fully saturated rings. The number of nitro groups is 1. The molecule has 6 nitrogen and oxygen atoms in total. The standard InChI is InChI=1S/C13H14ClFN2O4/c1-2-13(12(18)19)3-4-16(7-13)10-5-8(14)9(15)6-11(10)17(20)21/h5-6H,2-4,7H2,1H3,(H,18,19). The maximum Gasteiger partial charge on any atom is 0.311 e. The van der Waals surface area contributed by atoms with Gasteiger partial charge in [-0.05, 0) is 18.9 Å². The summed E-state index contributed by atoms with van der Waals surface area (Å²) in [5, 5.41) is 20.2. The van der Waals surface area contributed by atoms with Crippen LogP contribution in [0.3, 0.4) is 0 Å². The number of hydrogen-bond donors (Lipinski definition) is 1. The van der Waals surface area contributed by atoms with Crippen LogP contribution in [0.15, 0.2) is 12.1 Å². The van der Waals surface area contributed by atoms with Crippen molar-refractivity contribution in [1.82, 2.24) is 0 Å². The molecule has 0 radical (unpaired) electrons. The van der Waals surface area contributed by atoms with Gasteiger partial charge in [-0.1, -0.05) is 18.5 Å². The van der Waals surface area contributed by atoms with Crippen molar-refractivity contribution in [3.05, 3.63) is 33.1 Å². The maximum absolute atomic E-state index is 13.4. The third-order valence-electron chi connectivity index (χ3n) is 4.04. The molecule has 0 bridgehead atoms. The molecule has 8 heteroatoms. The molecule has 0 aromatic heterocycles. The van der Waals surface area contributed by atoms with Crippen molar-refractivity contribution < 1.29 is 19.2 Å². The number of nitrogens with zero attached hydrogens (tertiary/aromatic N) is 2. The first-order valence-electron chi connectivity index (χ1n) is 6.42. The molecule has 1 unspecified atom stereocenters. The number of hydrogen-bond acceptors (Lipinski definition) is 4. The Hall–Kier alpha value is -1.89. The van der Waals surface area contributed by atoms with Crippen molar-refractivity contribution in [2.75, 3.05) is 18.0 Å². The highest BCUT2D eigenvalue weighted by Crippen LogP contribution is 2.41. The lowest BCUT2D eigenvalue weighted by Gasteiger charge is -2.24. The Kier molecular flexibility index (Phi) is 4.04. The molecule has 21 heavy (non-hydrogen) atoms. The number of carboxylic acids is 1. The number of carboxylic acid groups (broad SMARTS) is 1. The number of carbonyl (C=O) groups is 1. The van der Waals surface area contributed by atoms with Crippen LogP contribution in [0.2, 0.25) is 5.02 Å². The molecule has 1 N–H and O–H groups in total. The van der Waals surface area contributed by atoms with Crippen LogP contribution in [0.1, 0.15) is 19.8 Å².